The smallest absolute Gasteiger partial charge is 0.343 e. The minimum atomic E-state index is -0.508. The first kappa shape index (κ1) is 23.0. The van der Waals surface area contributed by atoms with Crippen LogP contribution >= 0.6 is 15.9 Å². The van der Waals surface area contributed by atoms with Gasteiger partial charge in [-0.3, -0.25) is 4.79 Å². The molecule has 1 N–H and O–H groups in total. The molecule has 0 radical (unpaired) electrons. The Morgan fingerprint density at radius 2 is 1.84 bits per heavy atom. The van der Waals surface area contributed by atoms with Crippen molar-refractivity contribution in [1.29, 1.82) is 0 Å². The Morgan fingerprint density at radius 3 is 2.59 bits per heavy atom. The Morgan fingerprint density at radius 1 is 1.03 bits per heavy atom. The van der Waals surface area contributed by atoms with Gasteiger partial charge in [-0.1, -0.05) is 34.1 Å². The maximum Gasteiger partial charge on any atom is 0.343 e. The van der Waals surface area contributed by atoms with Gasteiger partial charge in [0.05, 0.1) is 18.9 Å². The largest absolute Gasteiger partial charge is 0.493 e. The first-order chi connectivity index (χ1) is 15.4. The van der Waals surface area contributed by atoms with Crippen molar-refractivity contribution in [3.05, 3.63) is 87.9 Å². The summed E-state index contributed by atoms with van der Waals surface area (Å²) >= 11 is 3.33. The number of esters is 1. The van der Waals surface area contributed by atoms with E-state index in [1.54, 1.807) is 42.5 Å². The standard InChI is InChI=1S/C24H21BrN2O5/c1-16-5-3-8-20(11-16)31-15-23(28)27-26-14-17-9-10-21(22(12-17)30-2)32-24(29)18-6-4-7-19(25)13-18/h3-14H,15H2,1-2H3,(H,27,28)/b26-14+. The maximum absolute atomic E-state index is 12.4. The first-order valence-electron chi connectivity index (χ1n) is 9.62. The number of hydrazone groups is 1. The molecule has 164 valence electrons. The van der Waals surface area contributed by atoms with E-state index in [0.717, 1.165) is 10.0 Å². The predicted octanol–water partition coefficient (Wildman–Crippen LogP) is 4.51. The van der Waals surface area contributed by atoms with Crippen molar-refractivity contribution in [1.82, 2.24) is 5.43 Å². The Balaban J connectivity index is 1.57. The molecule has 0 unspecified atom stereocenters. The van der Waals surface area contributed by atoms with Crippen molar-refractivity contribution in [3.8, 4) is 17.2 Å². The summed E-state index contributed by atoms with van der Waals surface area (Å²) in [4.78, 5) is 24.3. The lowest BCUT2D eigenvalue weighted by Crippen LogP contribution is -2.24. The molecule has 0 aromatic heterocycles. The molecule has 0 heterocycles. The number of methoxy groups -OCH3 is 1. The number of rotatable bonds is 8. The van der Waals surface area contributed by atoms with Crippen LogP contribution in [-0.2, 0) is 4.79 Å². The van der Waals surface area contributed by atoms with E-state index in [-0.39, 0.29) is 12.4 Å². The third-order valence-corrected chi connectivity index (χ3v) is 4.71. The molecule has 0 atom stereocenters. The number of halogens is 1. The van der Waals surface area contributed by atoms with Crippen LogP contribution in [0.3, 0.4) is 0 Å². The molecule has 8 heteroatoms. The summed E-state index contributed by atoms with van der Waals surface area (Å²) in [5.41, 5.74) is 4.49. The minimum absolute atomic E-state index is 0.158. The highest BCUT2D eigenvalue weighted by molar-refractivity contribution is 9.10. The number of hydrogen-bond acceptors (Lipinski definition) is 6. The number of ether oxygens (including phenoxy) is 3. The third kappa shape index (κ3) is 6.68. The number of carbonyl (C=O) groups excluding carboxylic acids is 2. The molecule has 7 nitrogen and oxygen atoms in total. The van der Waals surface area contributed by atoms with Crippen molar-refractivity contribution < 1.29 is 23.8 Å². The van der Waals surface area contributed by atoms with Crippen LogP contribution in [0.1, 0.15) is 21.5 Å². The van der Waals surface area contributed by atoms with Crippen LogP contribution in [0.2, 0.25) is 0 Å². The van der Waals surface area contributed by atoms with Crippen molar-refractivity contribution in [2.75, 3.05) is 13.7 Å². The Labute approximate surface area is 194 Å². The summed E-state index contributed by atoms with van der Waals surface area (Å²) < 4.78 is 17.0. The van der Waals surface area contributed by atoms with Gasteiger partial charge in [-0.25, -0.2) is 10.2 Å². The summed E-state index contributed by atoms with van der Waals surface area (Å²) in [5, 5.41) is 3.92. The van der Waals surface area contributed by atoms with Gasteiger partial charge in [0.25, 0.3) is 5.91 Å². The summed E-state index contributed by atoms with van der Waals surface area (Å²) in [5.74, 6) is 0.333. The van der Waals surface area contributed by atoms with Crippen molar-refractivity contribution in [2.24, 2.45) is 5.10 Å². The molecule has 3 rings (SSSR count). The van der Waals surface area contributed by atoms with Crippen molar-refractivity contribution >= 4 is 34.0 Å². The number of benzene rings is 3. The van der Waals surface area contributed by atoms with Crippen LogP contribution in [0.15, 0.2) is 76.3 Å². The second-order valence-corrected chi connectivity index (χ2v) is 7.62. The van der Waals surface area contributed by atoms with Gasteiger partial charge < -0.3 is 14.2 Å². The molecule has 0 aliphatic heterocycles. The van der Waals surface area contributed by atoms with E-state index >= 15 is 0 Å². The molecular formula is C24H21BrN2O5. The Hall–Kier alpha value is -3.65. The van der Waals surface area contributed by atoms with Crippen LogP contribution in [0.25, 0.3) is 0 Å². The van der Waals surface area contributed by atoms with Gasteiger partial charge in [-0.05, 0) is 66.6 Å². The zero-order valence-corrected chi connectivity index (χ0v) is 19.1. The van der Waals surface area contributed by atoms with E-state index in [4.69, 9.17) is 14.2 Å². The Kier molecular flexibility index (Phi) is 7.99. The number of nitrogens with one attached hydrogen (secondary N) is 1. The molecule has 0 saturated heterocycles. The van der Waals surface area contributed by atoms with Crippen LogP contribution in [0.4, 0.5) is 0 Å². The zero-order chi connectivity index (χ0) is 22.9. The average Bonchev–Trinajstić information content (AvgIpc) is 2.78. The number of nitrogens with zero attached hydrogens (tertiary/aromatic N) is 1. The predicted molar refractivity (Wildman–Crippen MR) is 125 cm³/mol. The van der Waals surface area contributed by atoms with E-state index in [2.05, 4.69) is 26.5 Å². The van der Waals surface area contributed by atoms with Crippen LogP contribution < -0.4 is 19.6 Å². The van der Waals surface area contributed by atoms with Crippen LogP contribution in [0, 0.1) is 6.92 Å². The van der Waals surface area contributed by atoms with Crippen molar-refractivity contribution in [2.45, 2.75) is 6.92 Å². The molecule has 0 aliphatic rings. The lowest BCUT2D eigenvalue weighted by atomic mass is 10.2. The molecule has 0 aliphatic carbocycles. The molecular weight excluding hydrogens is 476 g/mol. The highest BCUT2D eigenvalue weighted by atomic mass is 79.9. The van der Waals surface area contributed by atoms with Gasteiger partial charge in [-0.2, -0.15) is 5.10 Å². The monoisotopic (exact) mass is 496 g/mol. The molecule has 3 aromatic rings. The molecule has 0 fully saturated rings. The van der Waals surface area contributed by atoms with Gasteiger partial charge in [0, 0.05) is 4.47 Å². The highest BCUT2D eigenvalue weighted by Crippen LogP contribution is 2.28. The lowest BCUT2D eigenvalue weighted by Gasteiger charge is -2.10. The quantitative estimate of drug-likeness (QED) is 0.214. The maximum atomic E-state index is 12.4. The molecule has 32 heavy (non-hydrogen) atoms. The highest BCUT2D eigenvalue weighted by Gasteiger charge is 2.13. The van der Waals surface area contributed by atoms with Gasteiger partial charge in [0.15, 0.2) is 18.1 Å². The summed E-state index contributed by atoms with van der Waals surface area (Å²) in [7, 11) is 1.47. The van der Waals surface area contributed by atoms with Crippen molar-refractivity contribution in [3.63, 3.8) is 0 Å². The van der Waals surface area contributed by atoms with Crippen LogP contribution in [-0.4, -0.2) is 31.8 Å². The molecule has 0 saturated carbocycles. The molecule has 1 amide bonds. The first-order valence-corrected chi connectivity index (χ1v) is 10.4. The summed E-state index contributed by atoms with van der Waals surface area (Å²) in [6, 6.07) is 19.2. The SMILES string of the molecule is COc1cc(/C=N/NC(=O)COc2cccc(C)c2)ccc1OC(=O)c1cccc(Br)c1. The fraction of sp³-hybridized carbons (Fsp3) is 0.125. The topological polar surface area (TPSA) is 86.2 Å². The number of carbonyl (C=O) groups is 2. The van der Waals surface area contributed by atoms with E-state index < -0.39 is 11.9 Å². The number of hydrogen-bond donors (Lipinski definition) is 1. The normalized spacial score (nSPS) is 10.6. The van der Waals surface area contributed by atoms with Gasteiger partial charge >= 0.3 is 5.97 Å². The molecule has 3 aromatic carbocycles. The van der Waals surface area contributed by atoms with E-state index in [9.17, 15) is 9.59 Å². The average molecular weight is 497 g/mol. The van der Waals surface area contributed by atoms with E-state index in [1.165, 1.54) is 13.3 Å². The summed E-state index contributed by atoms with van der Waals surface area (Å²) in [6.45, 7) is 1.78. The number of aryl methyl sites for hydroxylation is 1. The lowest BCUT2D eigenvalue weighted by molar-refractivity contribution is -0.123. The van der Waals surface area contributed by atoms with Gasteiger partial charge in [0.1, 0.15) is 5.75 Å². The summed E-state index contributed by atoms with van der Waals surface area (Å²) in [6.07, 6.45) is 1.45. The second-order valence-electron chi connectivity index (χ2n) is 6.71. The number of amides is 1. The van der Waals surface area contributed by atoms with Gasteiger partial charge in [0.2, 0.25) is 0 Å². The molecule has 0 bridgehead atoms. The zero-order valence-electron chi connectivity index (χ0n) is 17.5. The fourth-order valence-corrected chi connectivity index (χ4v) is 3.09. The molecule has 0 spiro atoms. The Bertz CT molecular complexity index is 1150. The third-order valence-electron chi connectivity index (χ3n) is 4.21. The second kappa shape index (κ2) is 11.1. The van der Waals surface area contributed by atoms with E-state index in [1.807, 2.05) is 31.2 Å². The van der Waals surface area contributed by atoms with E-state index in [0.29, 0.717) is 22.6 Å². The fourth-order valence-electron chi connectivity index (χ4n) is 2.69. The minimum Gasteiger partial charge on any atom is -0.493 e. The van der Waals surface area contributed by atoms with Gasteiger partial charge in [-0.15, -0.1) is 0 Å². The van der Waals surface area contributed by atoms with Crippen LogP contribution in [0.5, 0.6) is 17.2 Å².